The summed E-state index contributed by atoms with van der Waals surface area (Å²) in [4.78, 5) is 74.8. The summed E-state index contributed by atoms with van der Waals surface area (Å²) in [6, 6.07) is 0.394. The quantitative estimate of drug-likeness (QED) is 0.172. The first-order valence-corrected chi connectivity index (χ1v) is 16.8. The molecular formula is C32H22Cl2N12O14. The van der Waals surface area contributed by atoms with Gasteiger partial charge in [-0.25, -0.2) is 9.59 Å². The molecule has 0 aliphatic carbocycles. The van der Waals surface area contributed by atoms with Crippen molar-refractivity contribution in [1.82, 2.24) is 59.8 Å². The maximum Gasteiger partial charge on any atom is 0.338 e. The van der Waals surface area contributed by atoms with Crippen molar-refractivity contribution in [2.24, 2.45) is 0 Å². The fourth-order valence-corrected chi connectivity index (χ4v) is 4.90. The zero-order valence-corrected chi connectivity index (χ0v) is 32.7. The van der Waals surface area contributed by atoms with E-state index in [1.807, 2.05) is 0 Å². The highest BCUT2D eigenvalue weighted by molar-refractivity contribution is 6.28. The number of halogens is 2. The summed E-state index contributed by atoms with van der Waals surface area (Å²) in [5.74, 6) is -3.88. The number of methoxy groups -OCH3 is 6. The van der Waals surface area contributed by atoms with E-state index >= 15 is 0 Å². The number of nitrogens with zero attached hydrogens (tertiary/aromatic N) is 12. The van der Waals surface area contributed by atoms with Gasteiger partial charge in [-0.1, -0.05) is 0 Å². The van der Waals surface area contributed by atoms with Gasteiger partial charge in [-0.15, -0.1) is 39.9 Å². The van der Waals surface area contributed by atoms with Gasteiger partial charge in [-0.3, -0.25) is 0 Å². The number of aromatic nitrogens is 12. The summed E-state index contributed by atoms with van der Waals surface area (Å²) < 4.78 is 67.1. The van der Waals surface area contributed by atoms with Crippen LogP contribution in [0.4, 0.5) is 0 Å². The van der Waals surface area contributed by atoms with Crippen LogP contribution in [0.5, 0.6) is 94.6 Å². The van der Waals surface area contributed by atoms with E-state index in [2.05, 4.69) is 59.8 Å². The third-order valence-corrected chi connectivity index (χ3v) is 7.43. The molecule has 4 aromatic heterocycles. The zero-order chi connectivity index (χ0) is 42.5. The molecule has 308 valence electrons. The highest BCUT2D eigenvalue weighted by Gasteiger charge is 2.29. The van der Waals surface area contributed by atoms with Crippen molar-refractivity contribution in [2.75, 3.05) is 42.7 Å². The second-order valence-electron chi connectivity index (χ2n) is 10.7. The van der Waals surface area contributed by atoms with E-state index in [-0.39, 0.29) is 80.2 Å². The van der Waals surface area contributed by atoms with Crippen LogP contribution in [0.1, 0.15) is 20.7 Å². The number of carbonyl (C=O) groups excluding carboxylic acids is 2. The Kier molecular flexibility index (Phi) is 11.6. The first kappa shape index (κ1) is 40.2. The van der Waals surface area contributed by atoms with Gasteiger partial charge in [0.25, 0.3) is 0 Å². The Morgan fingerprint density at radius 3 is 0.983 bits per heavy atom. The number of esters is 2. The topological polar surface area (TPSA) is 300 Å². The Morgan fingerprint density at radius 1 is 0.417 bits per heavy atom. The molecule has 5 heterocycles. The van der Waals surface area contributed by atoms with Crippen molar-refractivity contribution in [2.45, 2.75) is 0 Å². The molecule has 1 aliphatic heterocycles. The van der Waals surface area contributed by atoms with Crippen molar-refractivity contribution < 1.29 is 66.4 Å². The fourth-order valence-electron chi connectivity index (χ4n) is 4.61. The highest BCUT2D eigenvalue weighted by Crippen LogP contribution is 2.47. The molecule has 28 heteroatoms. The standard InChI is InChI=1S/C32H22Cl2N12O14/c1-49-19(47)11-7-13-17(59-27-37-21(33)35-23(39-27)51-3)14(8-11)56-30-42-26(54-6)44-32(46-30)58-16-10-12(20(48)50-2)9-15(57-31-43-25(53-5)41-29(45-31)55-13)18(16)60-28-38-22(34)36-24(40-28)52-4/h7-10H,1-6H3. The number of fused-ring (bicyclic) bond motifs is 8. The van der Waals surface area contributed by atoms with E-state index < -0.39 is 48.0 Å². The van der Waals surface area contributed by atoms with Crippen molar-refractivity contribution in [3.63, 3.8) is 0 Å². The molecule has 0 fully saturated rings. The Labute approximate surface area is 344 Å². The summed E-state index contributed by atoms with van der Waals surface area (Å²) in [5, 5.41) is -0.648. The van der Waals surface area contributed by atoms with Gasteiger partial charge >= 0.3 is 72.0 Å². The van der Waals surface area contributed by atoms with E-state index in [1.165, 1.54) is 52.7 Å². The van der Waals surface area contributed by atoms with Gasteiger partial charge in [-0.05, 0) is 47.5 Å². The molecule has 0 saturated heterocycles. The van der Waals surface area contributed by atoms with Gasteiger partial charge in [-0.2, -0.15) is 19.9 Å². The van der Waals surface area contributed by atoms with Crippen LogP contribution in [0.25, 0.3) is 0 Å². The predicted molar refractivity (Wildman–Crippen MR) is 192 cm³/mol. The maximum absolute atomic E-state index is 13.0. The lowest BCUT2D eigenvalue weighted by Gasteiger charge is -2.18. The molecule has 0 saturated carbocycles. The first-order chi connectivity index (χ1) is 29.0. The molecule has 0 amide bonds. The first-order valence-electron chi connectivity index (χ1n) is 16.1. The summed E-state index contributed by atoms with van der Waals surface area (Å²) in [7, 11) is 7.29. The van der Waals surface area contributed by atoms with Gasteiger partial charge in [0.1, 0.15) is 0 Å². The average molecular weight is 870 g/mol. The van der Waals surface area contributed by atoms with Crippen LogP contribution in [-0.4, -0.2) is 114 Å². The van der Waals surface area contributed by atoms with E-state index in [4.69, 9.17) is 80.0 Å². The van der Waals surface area contributed by atoms with Crippen molar-refractivity contribution in [3.8, 4) is 94.6 Å². The monoisotopic (exact) mass is 868 g/mol. The van der Waals surface area contributed by atoms with Gasteiger partial charge in [0.2, 0.25) is 22.1 Å². The second-order valence-corrected chi connectivity index (χ2v) is 11.4. The second kappa shape index (κ2) is 17.2. The molecule has 6 aromatic rings. The number of benzene rings is 2. The molecule has 1 aliphatic rings. The molecular weight excluding hydrogens is 847 g/mol. The molecule has 0 atom stereocenters. The van der Waals surface area contributed by atoms with E-state index in [0.29, 0.717) is 0 Å². The largest absolute Gasteiger partial charge is 0.467 e. The predicted octanol–water partition coefficient (Wildman–Crippen LogP) is 4.41. The number of ether oxygens (including phenoxy) is 12. The molecule has 0 spiro atoms. The third-order valence-electron chi connectivity index (χ3n) is 7.09. The molecule has 0 unspecified atom stereocenters. The van der Waals surface area contributed by atoms with Gasteiger partial charge < -0.3 is 56.8 Å². The van der Waals surface area contributed by atoms with Gasteiger partial charge in [0.15, 0.2) is 23.0 Å². The zero-order valence-electron chi connectivity index (χ0n) is 31.1. The number of carbonyl (C=O) groups is 2. The molecule has 8 bridgehead atoms. The summed E-state index contributed by atoms with van der Waals surface area (Å²) in [5.41, 5.74) is -0.334. The number of hydrogen-bond acceptors (Lipinski definition) is 26. The summed E-state index contributed by atoms with van der Waals surface area (Å²) in [6.07, 6.45) is 0. The molecule has 7 rings (SSSR count). The van der Waals surface area contributed by atoms with Crippen LogP contribution < -0.4 is 47.4 Å². The minimum absolute atomic E-state index is 0.167. The average Bonchev–Trinajstić information content (AvgIpc) is 3.23. The van der Waals surface area contributed by atoms with Crippen LogP contribution >= 0.6 is 23.2 Å². The smallest absolute Gasteiger partial charge is 0.338 e. The molecule has 60 heavy (non-hydrogen) atoms. The van der Waals surface area contributed by atoms with Crippen LogP contribution in [0, 0.1) is 0 Å². The molecule has 2 aromatic carbocycles. The van der Waals surface area contributed by atoms with Crippen molar-refractivity contribution in [3.05, 3.63) is 46.0 Å². The van der Waals surface area contributed by atoms with Gasteiger partial charge in [0, 0.05) is 0 Å². The van der Waals surface area contributed by atoms with Crippen LogP contribution in [0.2, 0.25) is 10.6 Å². The van der Waals surface area contributed by atoms with E-state index in [0.717, 1.165) is 14.2 Å². The summed E-state index contributed by atoms with van der Waals surface area (Å²) >= 11 is 12.2. The van der Waals surface area contributed by atoms with Crippen molar-refractivity contribution >= 4 is 35.1 Å². The maximum atomic E-state index is 13.0. The minimum atomic E-state index is -0.866. The van der Waals surface area contributed by atoms with E-state index in [1.54, 1.807) is 0 Å². The number of hydrogen-bond donors (Lipinski definition) is 0. The van der Waals surface area contributed by atoms with Crippen LogP contribution in [0.15, 0.2) is 24.3 Å². The Balaban J connectivity index is 1.50. The summed E-state index contributed by atoms with van der Waals surface area (Å²) in [6.45, 7) is 0. The lowest BCUT2D eigenvalue weighted by molar-refractivity contribution is 0.0591. The third kappa shape index (κ3) is 8.92. The van der Waals surface area contributed by atoms with Crippen LogP contribution in [-0.2, 0) is 9.47 Å². The van der Waals surface area contributed by atoms with Crippen molar-refractivity contribution in [1.29, 1.82) is 0 Å². The highest BCUT2D eigenvalue weighted by atomic mass is 35.5. The Bertz CT molecular complexity index is 2380. The SMILES string of the molecule is COC(=O)c1cc2c(Oc3nc(Cl)nc(OC)n3)c(c1)Oc1nc(OC)nc(n1)Oc1cc(C(=O)OC)cc(c1Oc1nc(Cl)nc(OC)n1)Oc1nc(OC)nc(n1)O2. The number of rotatable bonds is 10. The van der Waals surface area contributed by atoms with Crippen LogP contribution in [0.3, 0.4) is 0 Å². The van der Waals surface area contributed by atoms with E-state index in [9.17, 15) is 9.59 Å². The normalized spacial score (nSPS) is 11.3. The van der Waals surface area contributed by atoms with Gasteiger partial charge in [0.05, 0.1) is 53.8 Å². The Morgan fingerprint density at radius 2 is 0.700 bits per heavy atom. The minimum Gasteiger partial charge on any atom is -0.467 e. The fraction of sp³-hybridized carbons (Fsp3) is 0.188. The molecule has 0 radical (unpaired) electrons. The molecule has 0 N–H and O–H groups in total. The molecule has 26 nitrogen and oxygen atoms in total. The lowest BCUT2D eigenvalue weighted by Crippen LogP contribution is -2.09. The lowest BCUT2D eigenvalue weighted by atomic mass is 10.2. The Hall–Kier alpha value is -8.00.